The molecule has 2 saturated carbocycles. The molecule has 0 spiro atoms. The topological polar surface area (TPSA) is 147 Å². The second kappa shape index (κ2) is 12.7. The summed E-state index contributed by atoms with van der Waals surface area (Å²) in [5.74, 6) is -2.08. The average Bonchev–Trinajstić information content (AvgIpc) is 3.55. The standard InChI is InChI=1S/C34H44N4O7/c1-6-22-18-34(22,31(41)42)37-29(39)26-17-23(44-27-16-20(2)35-25-15-11-10-14-24(25)27)19-38(26)30(40)28(21-12-8-7-9-13-21)36-32(43)45-33(3,4)5/h6,10-11,14-16,21-23,26,28H,1,7-9,12-13,17-19H2,2-5H3,(H,36,43)(H,37,39)(H,41,42)/t22-,23+,26-,28-,34?/m0/s1. The first kappa shape index (κ1) is 32.2. The van der Waals surface area contributed by atoms with E-state index in [0.29, 0.717) is 5.75 Å². The van der Waals surface area contributed by atoms with Gasteiger partial charge in [0.25, 0.3) is 0 Å². The van der Waals surface area contributed by atoms with Gasteiger partial charge in [-0.2, -0.15) is 0 Å². The van der Waals surface area contributed by atoms with Gasteiger partial charge in [-0.1, -0.05) is 37.5 Å². The Hall–Kier alpha value is -4.15. The smallest absolute Gasteiger partial charge is 0.408 e. The molecule has 0 bridgehead atoms. The van der Waals surface area contributed by atoms with Crippen LogP contribution in [-0.4, -0.2) is 74.7 Å². The molecule has 2 heterocycles. The SMILES string of the molecule is C=C[C@H]1CC1(NC(=O)[C@@H]1C[C@@H](Oc2cc(C)nc3ccccc23)CN1C(=O)[C@@H](NC(=O)OC(C)(C)C)C1CCCCC1)C(=O)O. The van der Waals surface area contributed by atoms with Gasteiger partial charge in [-0.05, 0) is 65.0 Å². The molecule has 11 nitrogen and oxygen atoms in total. The van der Waals surface area contributed by atoms with Crippen molar-refractivity contribution in [1.82, 2.24) is 20.5 Å². The monoisotopic (exact) mass is 620 g/mol. The van der Waals surface area contributed by atoms with Crippen molar-refractivity contribution in [3.8, 4) is 5.75 Å². The lowest BCUT2D eigenvalue weighted by atomic mass is 9.83. The van der Waals surface area contributed by atoms with E-state index < -0.39 is 59.1 Å². The van der Waals surface area contributed by atoms with Crippen LogP contribution in [0, 0.1) is 18.8 Å². The van der Waals surface area contributed by atoms with Gasteiger partial charge >= 0.3 is 12.1 Å². The lowest BCUT2D eigenvalue weighted by Crippen LogP contribution is -2.58. The zero-order chi connectivity index (χ0) is 32.5. The maximum Gasteiger partial charge on any atom is 0.408 e. The summed E-state index contributed by atoms with van der Waals surface area (Å²) in [6, 6.07) is 7.49. The third-order valence-corrected chi connectivity index (χ3v) is 9.04. The van der Waals surface area contributed by atoms with Crippen molar-refractivity contribution in [3.63, 3.8) is 0 Å². The van der Waals surface area contributed by atoms with E-state index in [-0.39, 0.29) is 25.3 Å². The Morgan fingerprint density at radius 3 is 2.51 bits per heavy atom. The quantitative estimate of drug-likeness (QED) is 0.347. The summed E-state index contributed by atoms with van der Waals surface area (Å²) in [6.45, 7) is 10.9. The first-order valence-corrected chi connectivity index (χ1v) is 15.8. The van der Waals surface area contributed by atoms with Crippen molar-refractivity contribution in [1.29, 1.82) is 0 Å². The molecule has 0 radical (unpaired) electrons. The summed E-state index contributed by atoms with van der Waals surface area (Å²) in [6.07, 6.45) is 5.04. The maximum absolute atomic E-state index is 14.4. The first-order chi connectivity index (χ1) is 21.3. The fourth-order valence-corrected chi connectivity index (χ4v) is 6.70. The van der Waals surface area contributed by atoms with E-state index in [9.17, 15) is 24.3 Å². The Labute approximate surface area is 263 Å². The Morgan fingerprint density at radius 1 is 1.16 bits per heavy atom. The number of amides is 3. The molecule has 1 aromatic heterocycles. The number of aliphatic carboxylic acids is 1. The molecular formula is C34H44N4O7. The Bertz CT molecular complexity index is 1480. The molecule has 45 heavy (non-hydrogen) atoms. The van der Waals surface area contributed by atoms with Crippen LogP contribution in [0.3, 0.4) is 0 Å². The predicted octanol–water partition coefficient (Wildman–Crippen LogP) is 4.51. The van der Waals surface area contributed by atoms with E-state index in [1.165, 1.54) is 11.0 Å². The number of aryl methyl sites for hydroxylation is 1. The van der Waals surface area contributed by atoms with Crippen molar-refractivity contribution in [2.45, 2.75) is 102 Å². The number of nitrogens with one attached hydrogen (secondary N) is 2. The van der Waals surface area contributed by atoms with Crippen molar-refractivity contribution in [2.24, 2.45) is 11.8 Å². The van der Waals surface area contributed by atoms with Crippen LogP contribution in [0.15, 0.2) is 43.0 Å². The fourth-order valence-electron chi connectivity index (χ4n) is 6.70. The molecule has 1 unspecified atom stereocenters. The van der Waals surface area contributed by atoms with Gasteiger partial charge in [0.05, 0.1) is 12.1 Å². The van der Waals surface area contributed by atoms with Crippen molar-refractivity contribution in [3.05, 3.63) is 48.7 Å². The van der Waals surface area contributed by atoms with Crippen LogP contribution < -0.4 is 15.4 Å². The summed E-state index contributed by atoms with van der Waals surface area (Å²) in [4.78, 5) is 59.5. The van der Waals surface area contributed by atoms with Crippen LogP contribution in [0.1, 0.15) is 71.4 Å². The number of carbonyl (C=O) groups excluding carboxylic acids is 3. The Balaban J connectivity index is 1.45. The summed E-state index contributed by atoms with van der Waals surface area (Å²) >= 11 is 0. The molecule has 3 N–H and O–H groups in total. The van der Waals surface area contributed by atoms with Crippen molar-refractivity contribution >= 4 is 34.8 Å². The number of carboxylic acid groups (broad SMARTS) is 1. The molecule has 11 heteroatoms. The molecule has 1 aliphatic heterocycles. The maximum atomic E-state index is 14.4. The highest BCUT2D eigenvalue weighted by molar-refractivity contribution is 5.96. The van der Waals surface area contributed by atoms with Crippen LogP contribution in [0.5, 0.6) is 5.75 Å². The van der Waals surface area contributed by atoms with Crippen LogP contribution in [-0.2, 0) is 19.1 Å². The molecule has 3 amide bonds. The number of aromatic nitrogens is 1. The van der Waals surface area contributed by atoms with E-state index in [4.69, 9.17) is 9.47 Å². The molecule has 5 atom stereocenters. The average molecular weight is 621 g/mol. The van der Waals surface area contributed by atoms with E-state index in [0.717, 1.165) is 48.7 Å². The van der Waals surface area contributed by atoms with Gasteiger partial charge in [0.15, 0.2) is 0 Å². The molecular weight excluding hydrogens is 576 g/mol. The number of fused-ring (bicyclic) bond motifs is 1. The summed E-state index contributed by atoms with van der Waals surface area (Å²) < 4.78 is 12.0. The third kappa shape index (κ3) is 7.07. The first-order valence-electron chi connectivity index (χ1n) is 15.8. The van der Waals surface area contributed by atoms with Crippen LogP contribution in [0.2, 0.25) is 0 Å². The number of rotatable bonds is 9. The number of carboxylic acids is 1. The summed E-state index contributed by atoms with van der Waals surface area (Å²) in [7, 11) is 0. The lowest BCUT2D eigenvalue weighted by Gasteiger charge is -2.35. The number of benzene rings is 1. The Morgan fingerprint density at radius 2 is 1.87 bits per heavy atom. The second-order valence-electron chi connectivity index (χ2n) is 13.6. The fraction of sp³-hybridized carbons (Fsp3) is 0.559. The minimum absolute atomic E-state index is 0.0802. The van der Waals surface area contributed by atoms with Crippen molar-refractivity contribution in [2.75, 3.05) is 6.54 Å². The number of para-hydroxylation sites is 1. The minimum atomic E-state index is -1.46. The predicted molar refractivity (Wildman–Crippen MR) is 168 cm³/mol. The van der Waals surface area contributed by atoms with Gasteiger partial charge in [-0.25, -0.2) is 9.59 Å². The lowest BCUT2D eigenvalue weighted by molar-refractivity contribution is -0.146. The van der Waals surface area contributed by atoms with Crippen LogP contribution >= 0.6 is 0 Å². The van der Waals surface area contributed by atoms with Gasteiger partial charge in [0, 0.05) is 29.5 Å². The number of hydrogen-bond acceptors (Lipinski definition) is 7. The van der Waals surface area contributed by atoms with Gasteiger partial charge in [-0.15, -0.1) is 6.58 Å². The van der Waals surface area contributed by atoms with E-state index in [1.54, 1.807) is 20.8 Å². The largest absolute Gasteiger partial charge is 0.488 e. The highest BCUT2D eigenvalue weighted by Crippen LogP contribution is 2.45. The molecule has 1 saturated heterocycles. The zero-order valence-electron chi connectivity index (χ0n) is 26.5. The molecule has 5 rings (SSSR count). The molecule has 3 aliphatic rings. The normalized spacial score (nSPS) is 25.7. The summed E-state index contributed by atoms with van der Waals surface area (Å²) in [5, 5.41) is 16.3. The number of pyridine rings is 1. The number of likely N-dealkylation sites (tertiary alicyclic amines) is 1. The minimum Gasteiger partial charge on any atom is -0.488 e. The van der Waals surface area contributed by atoms with E-state index in [1.807, 2.05) is 37.3 Å². The zero-order valence-corrected chi connectivity index (χ0v) is 26.5. The van der Waals surface area contributed by atoms with Gasteiger partial charge in [0.1, 0.15) is 35.1 Å². The molecule has 1 aromatic carbocycles. The van der Waals surface area contributed by atoms with E-state index >= 15 is 0 Å². The highest BCUT2D eigenvalue weighted by atomic mass is 16.6. The molecule has 3 fully saturated rings. The number of alkyl carbamates (subject to hydrolysis) is 1. The van der Waals surface area contributed by atoms with Crippen molar-refractivity contribution < 1.29 is 33.8 Å². The van der Waals surface area contributed by atoms with Gasteiger partial charge < -0.3 is 30.1 Å². The third-order valence-electron chi connectivity index (χ3n) is 9.04. The van der Waals surface area contributed by atoms with Gasteiger partial charge in [0.2, 0.25) is 11.8 Å². The molecule has 2 aromatic rings. The number of ether oxygens (including phenoxy) is 2. The number of nitrogens with zero attached hydrogens (tertiary/aromatic N) is 2. The van der Waals surface area contributed by atoms with Crippen LogP contribution in [0.25, 0.3) is 10.9 Å². The second-order valence-corrected chi connectivity index (χ2v) is 13.6. The number of carbonyl (C=O) groups is 4. The van der Waals surface area contributed by atoms with E-state index in [2.05, 4.69) is 22.2 Å². The molecule has 2 aliphatic carbocycles. The highest BCUT2D eigenvalue weighted by Gasteiger charge is 2.61. The number of hydrogen-bond donors (Lipinski definition) is 3. The van der Waals surface area contributed by atoms with Crippen LogP contribution in [0.4, 0.5) is 4.79 Å². The summed E-state index contributed by atoms with van der Waals surface area (Å²) in [5.41, 5.74) is -0.695. The molecule has 242 valence electrons. The van der Waals surface area contributed by atoms with Gasteiger partial charge in [-0.3, -0.25) is 14.6 Å². The Kier molecular flexibility index (Phi) is 9.09.